The van der Waals surface area contributed by atoms with Crippen molar-refractivity contribution in [2.24, 2.45) is 0 Å². The first-order chi connectivity index (χ1) is 16.8. The van der Waals surface area contributed by atoms with Crippen LogP contribution in [0.15, 0.2) is 72.9 Å². The molecule has 184 valence electrons. The van der Waals surface area contributed by atoms with Crippen LogP contribution in [0, 0.1) is 0 Å². The van der Waals surface area contributed by atoms with Gasteiger partial charge in [0.05, 0.1) is 12.2 Å². The summed E-state index contributed by atoms with van der Waals surface area (Å²) in [6.07, 6.45) is -4.24. The topological polar surface area (TPSA) is 80.3 Å². The van der Waals surface area contributed by atoms with Gasteiger partial charge in [-0.25, -0.2) is 4.79 Å². The van der Waals surface area contributed by atoms with Crippen molar-refractivity contribution < 1.29 is 27.5 Å². The number of carbonyl (C=O) groups excluding carboxylic acids is 2. The van der Waals surface area contributed by atoms with Crippen LogP contribution in [-0.2, 0) is 17.7 Å². The summed E-state index contributed by atoms with van der Waals surface area (Å²) in [5, 5.41) is 5.43. The minimum absolute atomic E-state index is 0.0260. The molecule has 0 saturated carbocycles. The molecule has 3 rings (SSSR count). The molecule has 2 amide bonds. The maximum absolute atomic E-state index is 13.2. The largest absolute Gasteiger partial charge is 0.450 e. The van der Waals surface area contributed by atoms with Crippen LogP contribution < -0.4 is 10.6 Å². The molecular formula is C26H26F3N3O3. The van der Waals surface area contributed by atoms with Gasteiger partial charge in [-0.1, -0.05) is 54.6 Å². The Morgan fingerprint density at radius 3 is 2.40 bits per heavy atom. The number of benzene rings is 2. The van der Waals surface area contributed by atoms with E-state index >= 15 is 0 Å². The summed E-state index contributed by atoms with van der Waals surface area (Å²) in [5.74, 6) is -0.310. The number of aromatic nitrogens is 1. The van der Waals surface area contributed by atoms with Crippen LogP contribution in [0.25, 0.3) is 11.1 Å². The summed E-state index contributed by atoms with van der Waals surface area (Å²) in [7, 11) is 0. The van der Waals surface area contributed by atoms with Gasteiger partial charge in [-0.15, -0.1) is 0 Å². The van der Waals surface area contributed by atoms with Crippen molar-refractivity contribution in [3.8, 4) is 11.1 Å². The fourth-order valence-electron chi connectivity index (χ4n) is 3.47. The third-order valence-corrected chi connectivity index (χ3v) is 5.12. The number of hydrogen-bond acceptors (Lipinski definition) is 4. The van der Waals surface area contributed by atoms with Gasteiger partial charge in [0.25, 0.3) is 5.91 Å². The van der Waals surface area contributed by atoms with E-state index in [4.69, 9.17) is 4.74 Å². The molecule has 1 heterocycles. The fraction of sp³-hybridized carbons (Fsp3) is 0.269. The predicted octanol–water partition coefficient (Wildman–Crippen LogP) is 5.29. The number of alkyl halides is 3. The van der Waals surface area contributed by atoms with E-state index in [-0.39, 0.29) is 25.5 Å². The monoisotopic (exact) mass is 485 g/mol. The van der Waals surface area contributed by atoms with Crippen molar-refractivity contribution in [3.63, 3.8) is 0 Å². The number of rotatable bonds is 10. The normalized spacial score (nSPS) is 11.1. The van der Waals surface area contributed by atoms with Crippen LogP contribution in [0.4, 0.5) is 18.0 Å². The molecule has 0 radical (unpaired) electrons. The molecule has 0 atom stereocenters. The van der Waals surface area contributed by atoms with Crippen molar-refractivity contribution in [2.45, 2.75) is 32.0 Å². The van der Waals surface area contributed by atoms with Crippen LogP contribution >= 0.6 is 0 Å². The highest BCUT2D eigenvalue weighted by atomic mass is 19.4. The second-order valence-electron chi connectivity index (χ2n) is 7.74. The summed E-state index contributed by atoms with van der Waals surface area (Å²) >= 11 is 0. The molecule has 6 nitrogen and oxygen atoms in total. The molecule has 2 aromatic carbocycles. The van der Waals surface area contributed by atoms with Gasteiger partial charge in [-0.3, -0.25) is 9.78 Å². The third-order valence-electron chi connectivity index (χ3n) is 5.12. The van der Waals surface area contributed by atoms with Gasteiger partial charge in [0, 0.05) is 37.8 Å². The van der Waals surface area contributed by atoms with E-state index in [9.17, 15) is 22.8 Å². The van der Waals surface area contributed by atoms with Crippen molar-refractivity contribution in [1.82, 2.24) is 15.6 Å². The molecule has 0 fully saturated rings. The number of nitrogens with zero attached hydrogens (tertiary/aromatic N) is 1. The second-order valence-corrected chi connectivity index (χ2v) is 7.74. The summed E-state index contributed by atoms with van der Waals surface area (Å²) in [4.78, 5) is 29.4. The van der Waals surface area contributed by atoms with Gasteiger partial charge in [0.1, 0.15) is 0 Å². The molecule has 0 spiro atoms. The van der Waals surface area contributed by atoms with E-state index < -0.39 is 18.7 Å². The fourth-order valence-corrected chi connectivity index (χ4v) is 3.47. The quantitative estimate of drug-likeness (QED) is 0.383. The Hall–Kier alpha value is -3.88. The zero-order valence-corrected chi connectivity index (χ0v) is 19.0. The highest BCUT2D eigenvalue weighted by Gasteiger charge is 2.26. The number of ether oxygens (including phenoxy) is 1. The first kappa shape index (κ1) is 25.7. The van der Waals surface area contributed by atoms with E-state index in [1.807, 2.05) is 54.6 Å². The third kappa shape index (κ3) is 8.44. The smallest absolute Gasteiger partial charge is 0.407 e. The Morgan fingerprint density at radius 2 is 1.69 bits per heavy atom. The molecule has 0 bridgehead atoms. The van der Waals surface area contributed by atoms with Crippen LogP contribution in [0.2, 0.25) is 0 Å². The van der Waals surface area contributed by atoms with Gasteiger partial charge in [0.15, 0.2) is 0 Å². The Morgan fingerprint density at radius 1 is 0.914 bits per heavy atom. The highest BCUT2D eigenvalue weighted by molar-refractivity contribution is 6.02. The molecule has 3 aromatic rings. The molecule has 9 heteroatoms. The molecular weight excluding hydrogens is 459 g/mol. The van der Waals surface area contributed by atoms with Crippen LogP contribution in [0.5, 0.6) is 0 Å². The number of carbonyl (C=O) groups is 2. The highest BCUT2D eigenvalue weighted by Crippen LogP contribution is 2.26. The summed E-state index contributed by atoms with van der Waals surface area (Å²) in [5.41, 5.74) is 3.32. The van der Waals surface area contributed by atoms with Gasteiger partial charge in [-0.2, -0.15) is 13.2 Å². The summed E-state index contributed by atoms with van der Waals surface area (Å²) in [6, 6.07) is 20.2. The Bertz CT molecular complexity index is 1110. The maximum Gasteiger partial charge on any atom is 0.407 e. The molecule has 0 aliphatic heterocycles. The van der Waals surface area contributed by atoms with E-state index in [2.05, 4.69) is 15.6 Å². The van der Waals surface area contributed by atoms with Crippen LogP contribution in [-0.4, -0.2) is 36.3 Å². The number of hydrogen-bond donors (Lipinski definition) is 2. The van der Waals surface area contributed by atoms with E-state index in [0.29, 0.717) is 29.7 Å². The van der Waals surface area contributed by atoms with Crippen molar-refractivity contribution in [3.05, 3.63) is 89.7 Å². The second kappa shape index (κ2) is 12.5. The van der Waals surface area contributed by atoms with Crippen molar-refractivity contribution in [1.29, 1.82) is 0 Å². The van der Waals surface area contributed by atoms with E-state index in [1.54, 1.807) is 18.3 Å². The SMILES string of the molecule is O=C(NCc1cccc(-c2ccccc2)c1C(=O)NCCc1ccccn1)OCCCC(F)(F)F. The molecule has 2 N–H and O–H groups in total. The molecule has 35 heavy (non-hydrogen) atoms. The number of pyridine rings is 1. The summed E-state index contributed by atoms with van der Waals surface area (Å²) < 4.78 is 41.5. The van der Waals surface area contributed by atoms with Gasteiger partial charge < -0.3 is 15.4 Å². The molecule has 0 aliphatic carbocycles. The standard InChI is InChI=1S/C26H26F3N3O3/c27-26(28,29)14-7-17-35-25(34)32-18-20-10-6-12-22(19-8-2-1-3-9-19)23(20)24(33)31-16-13-21-11-4-5-15-30-21/h1-6,8-12,15H,7,13-14,16-18H2,(H,31,33)(H,32,34). The van der Waals surface area contributed by atoms with Gasteiger partial charge in [-0.05, 0) is 35.2 Å². The zero-order chi connectivity index (χ0) is 25.1. The average Bonchev–Trinajstić information content (AvgIpc) is 2.85. The first-order valence-corrected chi connectivity index (χ1v) is 11.2. The number of amides is 2. The Labute approximate surface area is 201 Å². The minimum Gasteiger partial charge on any atom is -0.450 e. The van der Waals surface area contributed by atoms with Crippen molar-refractivity contribution in [2.75, 3.05) is 13.2 Å². The van der Waals surface area contributed by atoms with Gasteiger partial charge >= 0.3 is 12.3 Å². The number of halogens is 3. The van der Waals surface area contributed by atoms with Gasteiger partial charge in [0.2, 0.25) is 0 Å². The molecule has 0 saturated heterocycles. The van der Waals surface area contributed by atoms with E-state index in [1.165, 1.54) is 0 Å². The Kier molecular flexibility index (Phi) is 9.23. The lowest BCUT2D eigenvalue weighted by atomic mass is 9.94. The maximum atomic E-state index is 13.2. The average molecular weight is 486 g/mol. The Balaban J connectivity index is 1.69. The molecule has 1 aromatic heterocycles. The van der Waals surface area contributed by atoms with Crippen LogP contribution in [0.1, 0.15) is 34.5 Å². The van der Waals surface area contributed by atoms with Crippen molar-refractivity contribution >= 4 is 12.0 Å². The summed E-state index contributed by atoms with van der Waals surface area (Å²) in [6.45, 7) is -0.00881. The first-order valence-electron chi connectivity index (χ1n) is 11.2. The number of alkyl carbamates (subject to hydrolysis) is 1. The molecule has 0 unspecified atom stereocenters. The minimum atomic E-state index is -4.30. The molecule has 0 aliphatic rings. The lowest BCUT2D eigenvalue weighted by molar-refractivity contribution is -0.137. The van der Waals surface area contributed by atoms with E-state index in [0.717, 1.165) is 11.3 Å². The lowest BCUT2D eigenvalue weighted by Crippen LogP contribution is -2.30. The lowest BCUT2D eigenvalue weighted by Gasteiger charge is -2.16. The van der Waals surface area contributed by atoms with Crippen LogP contribution in [0.3, 0.4) is 0 Å². The number of nitrogens with one attached hydrogen (secondary N) is 2. The zero-order valence-electron chi connectivity index (χ0n) is 19.0. The predicted molar refractivity (Wildman–Crippen MR) is 126 cm³/mol.